The van der Waals surface area contributed by atoms with Crippen molar-refractivity contribution in [2.45, 2.75) is 90.4 Å². The number of pyridine rings is 2. The summed E-state index contributed by atoms with van der Waals surface area (Å²) in [7, 11) is 0. The van der Waals surface area contributed by atoms with Gasteiger partial charge in [0.15, 0.2) is 0 Å². The van der Waals surface area contributed by atoms with Crippen LogP contribution in [0.2, 0.25) is 0 Å². The molecule has 0 aliphatic rings. The van der Waals surface area contributed by atoms with Gasteiger partial charge in [-0.1, -0.05) is 77.6 Å². The SMILES string of the molecule is CCCCCCCCCCCCCCc1cc(-c2ccncc2)ccn1. The molecule has 0 N–H and O–H groups in total. The summed E-state index contributed by atoms with van der Waals surface area (Å²) < 4.78 is 0. The van der Waals surface area contributed by atoms with Gasteiger partial charge in [0, 0.05) is 24.3 Å². The minimum absolute atomic E-state index is 1.09. The molecule has 0 radical (unpaired) electrons. The zero-order chi connectivity index (χ0) is 18.3. The first-order valence-electron chi connectivity index (χ1n) is 10.8. The molecule has 0 aliphatic heterocycles. The van der Waals surface area contributed by atoms with Crippen molar-refractivity contribution in [1.29, 1.82) is 0 Å². The summed E-state index contributed by atoms with van der Waals surface area (Å²) in [5, 5.41) is 0. The number of aryl methyl sites for hydroxylation is 1. The lowest BCUT2D eigenvalue weighted by Gasteiger charge is -2.05. The Kier molecular flexibility index (Phi) is 10.7. The van der Waals surface area contributed by atoms with Crippen LogP contribution in [0.3, 0.4) is 0 Å². The predicted molar refractivity (Wildman–Crippen MR) is 112 cm³/mol. The van der Waals surface area contributed by atoms with Crippen LogP contribution in [-0.2, 0) is 6.42 Å². The van der Waals surface area contributed by atoms with E-state index in [0.29, 0.717) is 0 Å². The van der Waals surface area contributed by atoms with Crippen molar-refractivity contribution in [3.63, 3.8) is 0 Å². The zero-order valence-electron chi connectivity index (χ0n) is 16.6. The number of nitrogens with zero attached hydrogens (tertiary/aromatic N) is 2. The predicted octanol–water partition coefficient (Wildman–Crippen LogP) is 7.39. The zero-order valence-corrected chi connectivity index (χ0v) is 16.6. The van der Waals surface area contributed by atoms with E-state index in [1.54, 1.807) is 0 Å². The molecule has 0 spiro atoms. The van der Waals surface area contributed by atoms with Crippen molar-refractivity contribution in [2.24, 2.45) is 0 Å². The van der Waals surface area contributed by atoms with Gasteiger partial charge in [0.05, 0.1) is 0 Å². The van der Waals surface area contributed by atoms with E-state index in [-0.39, 0.29) is 0 Å². The summed E-state index contributed by atoms with van der Waals surface area (Å²) in [6, 6.07) is 8.43. The van der Waals surface area contributed by atoms with Gasteiger partial charge in [-0.25, -0.2) is 0 Å². The molecule has 2 heteroatoms. The molecule has 0 saturated carbocycles. The van der Waals surface area contributed by atoms with Crippen LogP contribution >= 0.6 is 0 Å². The Balaban J connectivity index is 1.51. The van der Waals surface area contributed by atoms with E-state index in [0.717, 1.165) is 6.42 Å². The molecule has 0 bridgehead atoms. The summed E-state index contributed by atoms with van der Waals surface area (Å²) in [6.45, 7) is 2.29. The van der Waals surface area contributed by atoms with Gasteiger partial charge in [-0.2, -0.15) is 0 Å². The second-order valence-electron chi connectivity index (χ2n) is 7.41. The highest BCUT2D eigenvalue weighted by Gasteiger charge is 2.01. The van der Waals surface area contributed by atoms with Crippen molar-refractivity contribution in [3.8, 4) is 11.1 Å². The van der Waals surface area contributed by atoms with Crippen LogP contribution in [0.1, 0.15) is 89.7 Å². The fourth-order valence-corrected chi connectivity index (χ4v) is 3.49. The van der Waals surface area contributed by atoms with Crippen LogP contribution in [0, 0.1) is 0 Å². The lowest BCUT2D eigenvalue weighted by Crippen LogP contribution is -1.91. The van der Waals surface area contributed by atoms with Gasteiger partial charge in [0.2, 0.25) is 0 Å². The molecule has 0 saturated heterocycles. The van der Waals surface area contributed by atoms with Gasteiger partial charge in [0.25, 0.3) is 0 Å². The smallest absolute Gasteiger partial charge is 0.0409 e. The first-order valence-corrected chi connectivity index (χ1v) is 10.8. The highest BCUT2D eigenvalue weighted by Crippen LogP contribution is 2.19. The van der Waals surface area contributed by atoms with Crippen LogP contribution in [0.25, 0.3) is 11.1 Å². The van der Waals surface area contributed by atoms with Gasteiger partial charge in [-0.3, -0.25) is 9.97 Å². The monoisotopic (exact) mass is 352 g/mol. The van der Waals surface area contributed by atoms with E-state index >= 15 is 0 Å². The molecular formula is C24H36N2. The second-order valence-corrected chi connectivity index (χ2v) is 7.41. The summed E-state index contributed by atoms with van der Waals surface area (Å²) in [6.07, 6.45) is 23.5. The molecule has 142 valence electrons. The van der Waals surface area contributed by atoms with E-state index in [4.69, 9.17) is 0 Å². The Morgan fingerprint density at radius 2 is 1.15 bits per heavy atom. The second kappa shape index (κ2) is 13.5. The van der Waals surface area contributed by atoms with E-state index in [9.17, 15) is 0 Å². The van der Waals surface area contributed by atoms with E-state index in [2.05, 4.69) is 41.2 Å². The molecule has 26 heavy (non-hydrogen) atoms. The highest BCUT2D eigenvalue weighted by atomic mass is 14.7. The molecule has 0 amide bonds. The number of hydrogen-bond acceptors (Lipinski definition) is 2. The summed E-state index contributed by atoms with van der Waals surface area (Å²) in [5.74, 6) is 0. The van der Waals surface area contributed by atoms with Crippen molar-refractivity contribution in [3.05, 3.63) is 48.5 Å². The van der Waals surface area contributed by atoms with Gasteiger partial charge >= 0.3 is 0 Å². The minimum atomic E-state index is 1.09. The Morgan fingerprint density at radius 3 is 1.77 bits per heavy atom. The molecule has 0 atom stereocenters. The summed E-state index contributed by atoms with van der Waals surface area (Å²) >= 11 is 0. The van der Waals surface area contributed by atoms with Crippen LogP contribution < -0.4 is 0 Å². The topological polar surface area (TPSA) is 25.8 Å². The molecule has 2 nitrogen and oxygen atoms in total. The Labute approximate surface area is 160 Å². The average molecular weight is 353 g/mol. The van der Waals surface area contributed by atoms with E-state index in [1.807, 2.05) is 18.6 Å². The maximum Gasteiger partial charge on any atom is 0.0409 e. The molecule has 2 rings (SSSR count). The normalized spacial score (nSPS) is 11.0. The third-order valence-corrected chi connectivity index (χ3v) is 5.12. The standard InChI is InChI=1S/C24H36N2/c1-2-3-4-5-6-7-8-9-10-11-12-13-14-24-21-23(17-20-26-24)22-15-18-25-19-16-22/h15-21H,2-14H2,1H3. The van der Waals surface area contributed by atoms with E-state index in [1.165, 1.54) is 93.9 Å². The van der Waals surface area contributed by atoms with Gasteiger partial charge < -0.3 is 0 Å². The van der Waals surface area contributed by atoms with Crippen molar-refractivity contribution >= 4 is 0 Å². The van der Waals surface area contributed by atoms with Crippen LogP contribution in [0.15, 0.2) is 42.9 Å². The quantitative estimate of drug-likeness (QED) is 0.331. The fourth-order valence-electron chi connectivity index (χ4n) is 3.49. The average Bonchev–Trinajstić information content (AvgIpc) is 2.70. The van der Waals surface area contributed by atoms with Gasteiger partial charge in [-0.05, 0) is 48.2 Å². The molecule has 2 heterocycles. The highest BCUT2D eigenvalue weighted by molar-refractivity contribution is 5.62. The van der Waals surface area contributed by atoms with Crippen LogP contribution in [-0.4, -0.2) is 9.97 Å². The Bertz CT molecular complexity index is 580. The van der Waals surface area contributed by atoms with Gasteiger partial charge in [-0.15, -0.1) is 0 Å². The molecule has 0 aliphatic carbocycles. The van der Waals surface area contributed by atoms with Crippen molar-refractivity contribution in [1.82, 2.24) is 9.97 Å². The van der Waals surface area contributed by atoms with Crippen molar-refractivity contribution < 1.29 is 0 Å². The molecule has 0 fully saturated rings. The van der Waals surface area contributed by atoms with Crippen LogP contribution in [0.4, 0.5) is 0 Å². The fraction of sp³-hybridized carbons (Fsp3) is 0.583. The summed E-state index contributed by atoms with van der Waals surface area (Å²) in [4.78, 5) is 8.63. The lowest BCUT2D eigenvalue weighted by molar-refractivity contribution is 0.543. The lowest BCUT2D eigenvalue weighted by atomic mass is 10.0. The summed E-state index contributed by atoms with van der Waals surface area (Å²) in [5.41, 5.74) is 3.68. The molecule has 0 unspecified atom stereocenters. The van der Waals surface area contributed by atoms with Gasteiger partial charge in [0.1, 0.15) is 0 Å². The van der Waals surface area contributed by atoms with Crippen LogP contribution in [0.5, 0.6) is 0 Å². The molecule has 2 aromatic rings. The number of hydrogen-bond donors (Lipinski definition) is 0. The number of rotatable bonds is 14. The Morgan fingerprint density at radius 1 is 0.615 bits per heavy atom. The number of unbranched alkanes of at least 4 members (excludes halogenated alkanes) is 11. The molecular weight excluding hydrogens is 316 g/mol. The molecule has 2 aromatic heterocycles. The first kappa shape index (κ1) is 20.6. The third kappa shape index (κ3) is 8.60. The minimum Gasteiger partial charge on any atom is -0.265 e. The first-order chi connectivity index (χ1) is 12.9. The Hall–Kier alpha value is -1.70. The maximum absolute atomic E-state index is 4.54. The largest absolute Gasteiger partial charge is 0.265 e. The molecule has 0 aromatic carbocycles. The van der Waals surface area contributed by atoms with E-state index < -0.39 is 0 Å². The third-order valence-electron chi connectivity index (χ3n) is 5.12. The number of aromatic nitrogens is 2. The van der Waals surface area contributed by atoms with Crippen molar-refractivity contribution in [2.75, 3.05) is 0 Å². The maximum atomic E-state index is 4.54.